The van der Waals surface area contributed by atoms with E-state index in [1.54, 1.807) is 17.2 Å². The Morgan fingerprint density at radius 1 is 1.24 bits per heavy atom. The Bertz CT molecular complexity index is 908. The van der Waals surface area contributed by atoms with Crippen molar-refractivity contribution in [3.8, 4) is 0 Å². The third kappa shape index (κ3) is 4.27. The summed E-state index contributed by atoms with van der Waals surface area (Å²) in [6, 6.07) is 9.93. The maximum absolute atomic E-state index is 13.2. The summed E-state index contributed by atoms with van der Waals surface area (Å²) in [5, 5.41) is 0.257. The zero-order valence-electron chi connectivity index (χ0n) is 16.1. The number of aryl methyl sites for hydroxylation is 1. The van der Waals surface area contributed by atoms with Crippen molar-refractivity contribution in [2.75, 3.05) is 13.1 Å². The molecule has 2 saturated heterocycles. The summed E-state index contributed by atoms with van der Waals surface area (Å²) in [5.41, 5.74) is 1.63. The van der Waals surface area contributed by atoms with Gasteiger partial charge in [0.1, 0.15) is 5.82 Å². The van der Waals surface area contributed by atoms with Crippen molar-refractivity contribution in [2.24, 2.45) is 0 Å². The van der Waals surface area contributed by atoms with E-state index in [4.69, 9.17) is 11.6 Å². The van der Waals surface area contributed by atoms with Gasteiger partial charge in [0.2, 0.25) is 11.8 Å². The zero-order valence-corrected chi connectivity index (χ0v) is 16.8. The molecule has 0 radical (unpaired) electrons. The number of hydrogen-bond acceptors (Lipinski definition) is 3. The van der Waals surface area contributed by atoms with Gasteiger partial charge in [0, 0.05) is 36.4 Å². The molecule has 7 heteroatoms. The van der Waals surface area contributed by atoms with Gasteiger partial charge in [-0.3, -0.25) is 14.6 Å². The molecule has 2 aliphatic rings. The number of halogens is 2. The maximum Gasteiger partial charge on any atom is 0.227 e. The summed E-state index contributed by atoms with van der Waals surface area (Å²) in [6.45, 7) is 1.32. The number of aromatic nitrogens is 1. The fourth-order valence-corrected chi connectivity index (χ4v) is 4.67. The third-order valence-corrected chi connectivity index (χ3v) is 6.20. The van der Waals surface area contributed by atoms with E-state index >= 15 is 0 Å². The van der Waals surface area contributed by atoms with Crippen LogP contribution in [0.2, 0.25) is 5.02 Å². The van der Waals surface area contributed by atoms with Gasteiger partial charge in [0.25, 0.3) is 0 Å². The molecule has 0 saturated carbocycles. The Kier molecular flexibility index (Phi) is 5.81. The van der Waals surface area contributed by atoms with Crippen molar-refractivity contribution >= 4 is 23.4 Å². The summed E-state index contributed by atoms with van der Waals surface area (Å²) in [6.07, 6.45) is 4.75. The van der Waals surface area contributed by atoms with Crippen LogP contribution in [0, 0.1) is 5.82 Å². The summed E-state index contributed by atoms with van der Waals surface area (Å²) < 4.78 is 13.2. The number of amides is 2. The Hall–Kier alpha value is -2.47. The van der Waals surface area contributed by atoms with Crippen LogP contribution in [0.3, 0.4) is 0 Å². The first-order chi connectivity index (χ1) is 14.0. The second kappa shape index (κ2) is 8.49. The number of rotatable bonds is 6. The standard InChI is InChI=1S/C22H23ClFN3O2/c23-18-13-16(24)7-6-15(18)12-21(28)27-11-8-19-20(27)14-22(29)26(19)10-3-5-17-4-1-2-9-25-17/h1-2,4,6-7,9,13,19-20H,3,5,8,10-12,14H2/t19-,20-/m0/s1. The van der Waals surface area contributed by atoms with E-state index < -0.39 is 5.82 Å². The lowest BCUT2D eigenvalue weighted by Crippen LogP contribution is -2.40. The monoisotopic (exact) mass is 415 g/mol. The van der Waals surface area contributed by atoms with E-state index in [2.05, 4.69) is 4.98 Å². The average molecular weight is 416 g/mol. The number of benzene rings is 1. The van der Waals surface area contributed by atoms with Crippen LogP contribution in [-0.2, 0) is 22.4 Å². The van der Waals surface area contributed by atoms with Crippen LogP contribution in [0.15, 0.2) is 42.6 Å². The molecular formula is C22H23ClFN3O2. The zero-order chi connectivity index (χ0) is 20.4. The van der Waals surface area contributed by atoms with Gasteiger partial charge in [-0.15, -0.1) is 0 Å². The summed E-state index contributed by atoms with van der Waals surface area (Å²) >= 11 is 6.07. The molecule has 0 aliphatic carbocycles. The first-order valence-electron chi connectivity index (χ1n) is 9.95. The second-order valence-electron chi connectivity index (χ2n) is 7.64. The Morgan fingerprint density at radius 2 is 2.10 bits per heavy atom. The van der Waals surface area contributed by atoms with Crippen LogP contribution in [0.4, 0.5) is 4.39 Å². The molecule has 2 amide bonds. The SMILES string of the molecule is O=C1C[C@H]2[C@H](CCN2C(=O)Cc2ccc(F)cc2Cl)N1CCCc1ccccn1. The number of nitrogens with zero attached hydrogens (tertiary/aromatic N) is 3. The van der Waals surface area contributed by atoms with Crippen LogP contribution in [0.5, 0.6) is 0 Å². The molecule has 2 aromatic rings. The molecule has 3 heterocycles. The fourth-order valence-electron chi connectivity index (χ4n) is 4.43. The fraction of sp³-hybridized carbons (Fsp3) is 0.409. The molecule has 0 spiro atoms. The highest BCUT2D eigenvalue weighted by Crippen LogP contribution is 2.33. The predicted octanol–water partition coefficient (Wildman–Crippen LogP) is 3.25. The average Bonchev–Trinajstić information content (AvgIpc) is 3.24. The minimum atomic E-state index is -0.421. The molecule has 29 heavy (non-hydrogen) atoms. The van der Waals surface area contributed by atoms with Gasteiger partial charge in [-0.2, -0.15) is 0 Å². The number of pyridine rings is 1. The van der Waals surface area contributed by atoms with Gasteiger partial charge in [-0.25, -0.2) is 4.39 Å². The lowest BCUT2D eigenvalue weighted by molar-refractivity contribution is -0.131. The van der Waals surface area contributed by atoms with E-state index in [-0.39, 0.29) is 35.3 Å². The number of likely N-dealkylation sites (tertiary alicyclic amines) is 2. The van der Waals surface area contributed by atoms with E-state index in [1.807, 2.05) is 23.1 Å². The van der Waals surface area contributed by atoms with Crippen LogP contribution < -0.4 is 0 Å². The summed E-state index contributed by atoms with van der Waals surface area (Å²) in [7, 11) is 0. The van der Waals surface area contributed by atoms with Crippen LogP contribution in [0.25, 0.3) is 0 Å². The van der Waals surface area contributed by atoms with Gasteiger partial charge < -0.3 is 9.80 Å². The molecule has 152 valence electrons. The number of hydrogen-bond donors (Lipinski definition) is 0. The Balaban J connectivity index is 1.36. The third-order valence-electron chi connectivity index (χ3n) is 5.85. The molecule has 2 aliphatic heterocycles. The molecule has 1 aromatic heterocycles. The molecule has 1 aromatic carbocycles. The molecule has 0 unspecified atom stereocenters. The van der Waals surface area contributed by atoms with Crippen molar-refractivity contribution in [2.45, 2.75) is 44.2 Å². The van der Waals surface area contributed by atoms with Crippen molar-refractivity contribution in [3.05, 3.63) is 64.7 Å². The van der Waals surface area contributed by atoms with Gasteiger partial charge in [-0.05, 0) is 49.1 Å². The Morgan fingerprint density at radius 3 is 2.86 bits per heavy atom. The predicted molar refractivity (Wildman–Crippen MR) is 108 cm³/mol. The van der Waals surface area contributed by atoms with Gasteiger partial charge in [0.15, 0.2) is 0 Å². The first kappa shape index (κ1) is 19.8. The van der Waals surface area contributed by atoms with E-state index in [0.29, 0.717) is 25.1 Å². The van der Waals surface area contributed by atoms with Crippen LogP contribution >= 0.6 is 11.6 Å². The lowest BCUT2D eigenvalue weighted by Gasteiger charge is -2.25. The second-order valence-corrected chi connectivity index (χ2v) is 8.05. The number of carbonyl (C=O) groups excluding carboxylic acids is 2. The van der Waals surface area contributed by atoms with E-state index in [9.17, 15) is 14.0 Å². The highest BCUT2D eigenvalue weighted by atomic mass is 35.5. The Labute approximate surface area is 174 Å². The number of fused-ring (bicyclic) bond motifs is 1. The van der Waals surface area contributed by atoms with Crippen LogP contribution in [-0.4, -0.2) is 51.8 Å². The lowest BCUT2D eigenvalue weighted by atomic mass is 10.1. The van der Waals surface area contributed by atoms with Gasteiger partial charge in [0.05, 0.1) is 18.5 Å². The highest BCUT2D eigenvalue weighted by molar-refractivity contribution is 6.31. The minimum Gasteiger partial charge on any atom is -0.337 e. The molecule has 5 nitrogen and oxygen atoms in total. The normalized spacial score (nSPS) is 21.0. The van der Waals surface area contributed by atoms with Gasteiger partial charge >= 0.3 is 0 Å². The molecule has 4 rings (SSSR count). The van der Waals surface area contributed by atoms with Crippen LogP contribution in [0.1, 0.15) is 30.5 Å². The minimum absolute atomic E-state index is 0.0610. The summed E-state index contributed by atoms with van der Waals surface area (Å²) in [4.78, 5) is 33.5. The van der Waals surface area contributed by atoms with Crippen molar-refractivity contribution < 1.29 is 14.0 Å². The van der Waals surface area contributed by atoms with E-state index in [1.165, 1.54) is 12.1 Å². The topological polar surface area (TPSA) is 53.5 Å². The number of carbonyl (C=O) groups is 2. The first-order valence-corrected chi connectivity index (χ1v) is 10.3. The molecule has 2 fully saturated rings. The largest absolute Gasteiger partial charge is 0.337 e. The molecule has 0 N–H and O–H groups in total. The highest BCUT2D eigenvalue weighted by Gasteiger charge is 2.47. The summed E-state index contributed by atoms with van der Waals surface area (Å²) in [5.74, 6) is -0.373. The van der Waals surface area contributed by atoms with Gasteiger partial charge in [-0.1, -0.05) is 23.7 Å². The maximum atomic E-state index is 13.2. The smallest absolute Gasteiger partial charge is 0.227 e. The van der Waals surface area contributed by atoms with Crippen molar-refractivity contribution in [1.82, 2.24) is 14.8 Å². The van der Waals surface area contributed by atoms with Crippen molar-refractivity contribution in [1.29, 1.82) is 0 Å². The van der Waals surface area contributed by atoms with Crippen molar-refractivity contribution in [3.63, 3.8) is 0 Å². The molecule has 2 atom stereocenters. The van der Waals surface area contributed by atoms with E-state index in [0.717, 1.165) is 25.0 Å². The molecular weight excluding hydrogens is 393 g/mol. The molecule has 0 bridgehead atoms. The quantitative estimate of drug-likeness (QED) is 0.727.